The van der Waals surface area contributed by atoms with Crippen molar-refractivity contribution in [2.45, 2.75) is 13.0 Å². The molecule has 28 heavy (non-hydrogen) atoms. The highest BCUT2D eigenvalue weighted by Gasteiger charge is 2.34. The van der Waals surface area contributed by atoms with E-state index < -0.39 is 23.6 Å². The molecule has 3 rings (SSSR count). The highest BCUT2D eigenvalue weighted by molar-refractivity contribution is 7.80. The first kappa shape index (κ1) is 19.8. The lowest BCUT2D eigenvalue weighted by atomic mass is 9.94. The number of thiocarbonyl (C=S) groups is 1. The van der Waals surface area contributed by atoms with Gasteiger partial charge in [-0.3, -0.25) is 4.79 Å². The lowest BCUT2D eigenvalue weighted by molar-refractivity contribution is -0.113. The molecule has 146 valence electrons. The summed E-state index contributed by atoms with van der Waals surface area (Å²) in [5.41, 5.74) is 1.43. The van der Waals surface area contributed by atoms with E-state index in [1.807, 2.05) is 0 Å². The largest absolute Gasteiger partial charge is 0.495 e. The number of nitrogens with zero attached hydrogens (tertiary/aromatic N) is 1. The number of carbonyl (C=O) groups excluding carboxylic acids is 1. The molecule has 2 aromatic rings. The predicted octanol–water partition coefficient (Wildman–Crippen LogP) is 3.75. The zero-order chi connectivity index (χ0) is 20.4. The van der Waals surface area contributed by atoms with Crippen LogP contribution in [0.4, 0.5) is 14.5 Å². The maximum Gasteiger partial charge on any atom is 0.255 e. The molecular formula is C20H19F2N3O2S. The molecule has 0 unspecified atom stereocenters. The van der Waals surface area contributed by atoms with Gasteiger partial charge in [-0.1, -0.05) is 18.2 Å². The summed E-state index contributed by atoms with van der Waals surface area (Å²) in [5.74, 6) is -1.42. The third kappa shape index (κ3) is 3.68. The Labute approximate surface area is 167 Å². The first-order valence-electron chi connectivity index (χ1n) is 8.47. The van der Waals surface area contributed by atoms with Crippen molar-refractivity contribution in [1.29, 1.82) is 0 Å². The number of anilines is 1. The Morgan fingerprint density at radius 3 is 2.64 bits per heavy atom. The predicted molar refractivity (Wildman–Crippen MR) is 107 cm³/mol. The summed E-state index contributed by atoms with van der Waals surface area (Å²) in [6.07, 6.45) is 0. The average molecular weight is 403 g/mol. The maximum absolute atomic E-state index is 14.5. The quantitative estimate of drug-likeness (QED) is 0.762. The second kappa shape index (κ2) is 7.93. The van der Waals surface area contributed by atoms with E-state index in [2.05, 4.69) is 10.6 Å². The first-order valence-corrected chi connectivity index (χ1v) is 8.88. The van der Waals surface area contributed by atoms with Crippen LogP contribution in [-0.4, -0.2) is 30.1 Å². The van der Waals surface area contributed by atoms with Gasteiger partial charge in [0.05, 0.1) is 24.4 Å². The van der Waals surface area contributed by atoms with Crippen LogP contribution in [0, 0.1) is 11.6 Å². The summed E-state index contributed by atoms with van der Waals surface area (Å²) in [5, 5.41) is 6.10. The molecule has 1 heterocycles. The van der Waals surface area contributed by atoms with Gasteiger partial charge in [0.15, 0.2) is 5.11 Å². The van der Waals surface area contributed by atoms with Gasteiger partial charge in [0.2, 0.25) is 0 Å². The number of allylic oxidation sites excluding steroid dienone is 1. The zero-order valence-electron chi connectivity index (χ0n) is 15.5. The fraction of sp³-hybridized carbons (Fsp3) is 0.200. The molecule has 1 amide bonds. The Balaban J connectivity index is 2.05. The van der Waals surface area contributed by atoms with Crippen molar-refractivity contribution in [2.24, 2.45) is 0 Å². The molecule has 0 radical (unpaired) electrons. The summed E-state index contributed by atoms with van der Waals surface area (Å²) >= 11 is 5.29. The number of halogens is 2. The number of methoxy groups -OCH3 is 1. The number of amides is 1. The van der Waals surface area contributed by atoms with E-state index in [1.165, 1.54) is 13.2 Å². The molecule has 0 bridgehead atoms. The Morgan fingerprint density at radius 1 is 1.25 bits per heavy atom. The first-order chi connectivity index (χ1) is 13.3. The summed E-state index contributed by atoms with van der Waals surface area (Å²) in [6, 6.07) is 9.33. The smallest absolute Gasteiger partial charge is 0.255 e. The van der Waals surface area contributed by atoms with Gasteiger partial charge in [-0.15, -0.1) is 0 Å². The third-order valence-corrected chi connectivity index (χ3v) is 5.02. The van der Waals surface area contributed by atoms with Gasteiger partial charge in [-0.05, 0) is 37.3 Å². The van der Waals surface area contributed by atoms with Crippen molar-refractivity contribution in [3.05, 3.63) is 70.9 Å². The van der Waals surface area contributed by atoms with Crippen LogP contribution in [0.25, 0.3) is 0 Å². The SMILES string of the molecule is COc1ccccc1NC(=O)C1=C(C)N(C)C(=S)N[C@H]1c1ccc(F)cc1F. The molecule has 5 nitrogen and oxygen atoms in total. The van der Waals surface area contributed by atoms with E-state index in [0.717, 1.165) is 12.1 Å². The molecule has 1 aliphatic heterocycles. The van der Waals surface area contributed by atoms with Crippen molar-refractivity contribution in [3.8, 4) is 5.75 Å². The number of para-hydroxylation sites is 2. The van der Waals surface area contributed by atoms with Crippen LogP contribution in [0.1, 0.15) is 18.5 Å². The van der Waals surface area contributed by atoms with E-state index in [0.29, 0.717) is 22.2 Å². The van der Waals surface area contributed by atoms with Crippen LogP contribution in [-0.2, 0) is 4.79 Å². The second-order valence-corrected chi connectivity index (χ2v) is 6.65. The minimum Gasteiger partial charge on any atom is -0.495 e. The number of carbonyl (C=O) groups is 1. The van der Waals surface area contributed by atoms with E-state index in [9.17, 15) is 13.6 Å². The van der Waals surface area contributed by atoms with Gasteiger partial charge in [0.25, 0.3) is 5.91 Å². The molecule has 8 heteroatoms. The Kier molecular flexibility index (Phi) is 5.60. The number of ether oxygens (including phenoxy) is 1. The molecule has 0 saturated heterocycles. The van der Waals surface area contributed by atoms with Gasteiger partial charge < -0.3 is 20.3 Å². The molecular weight excluding hydrogens is 384 g/mol. The second-order valence-electron chi connectivity index (χ2n) is 6.26. The van der Waals surface area contributed by atoms with E-state index >= 15 is 0 Å². The van der Waals surface area contributed by atoms with Gasteiger partial charge in [0, 0.05) is 24.4 Å². The van der Waals surface area contributed by atoms with Crippen molar-refractivity contribution in [3.63, 3.8) is 0 Å². The zero-order valence-corrected chi connectivity index (χ0v) is 16.4. The number of hydrogen-bond donors (Lipinski definition) is 2. The molecule has 0 saturated carbocycles. The number of rotatable bonds is 4. The van der Waals surface area contributed by atoms with Crippen molar-refractivity contribution in [1.82, 2.24) is 10.2 Å². The van der Waals surface area contributed by atoms with Crippen LogP contribution in [0.2, 0.25) is 0 Å². The number of nitrogens with one attached hydrogen (secondary N) is 2. The van der Waals surface area contributed by atoms with Crippen LogP contribution < -0.4 is 15.4 Å². The lowest BCUT2D eigenvalue weighted by Crippen LogP contribution is -2.46. The van der Waals surface area contributed by atoms with Crippen molar-refractivity contribution in [2.75, 3.05) is 19.5 Å². The van der Waals surface area contributed by atoms with Crippen LogP contribution in [0.5, 0.6) is 5.75 Å². The van der Waals surface area contributed by atoms with E-state index in [1.54, 1.807) is 43.1 Å². The monoisotopic (exact) mass is 403 g/mol. The molecule has 2 aromatic carbocycles. The molecule has 0 aromatic heterocycles. The molecule has 0 spiro atoms. The minimum atomic E-state index is -0.862. The average Bonchev–Trinajstić information content (AvgIpc) is 2.66. The van der Waals surface area contributed by atoms with Crippen LogP contribution in [0.15, 0.2) is 53.7 Å². The summed E-state index contributed by atoms with van der Waals surface area (Å²) in [4.78, 5) is 14.8. The maximum atomic E-state index is 14.5. The number of hydrogen-bond acceptors (Lipinski definition) is 3. The fourth-order valence-corrected chi connectivity index (χ4v) is 3.29. The van der Waals surface area contributed by atoms with Crippen LogP contribution >= 0.6 is 12.2 Å². The Hall–Kier alpha value is -3.00. The fourth-order valence-electron chi connectivity index (χ4n) is 3.04. The molecule has 0 fully saturated rings. The molecule has 1 atom stereocenters. The summed E-state index contributed by atoms with van der Waals surface area (Å²) < 4.78 is 33.1. The lowest BCUT2D eigenvalue weighted by Gasteiger charge is -2.36. The van der Waals surface area contributed by atoms with Crippen molar-refractivity contribution < 1.29 is 18.3 Å². The molecule has 1 aliphatic rings. The van der Waals surface area contributed by atoms with Gasteiger partial charge in [-0.25, -0.2) is 8.78 Å². The Bertz CT molecular complexity index is 978. The van der Waals surface area contributed by atoms with Gasteiger partial charge >= 0.3 is 0 Å². The number of benzene rings is 2. The van der Waals surface area contributed by atoms with Crippen molar-refractivity contribution >= 4 is 28.9 Å². The molecule has 2 N–H and O–H groups in total. The minimum absolute atomic E-state index is 0.126. The van der Waals surface area contributed by atoms with Gasteiger partial charge in [0.1, 0.15) is 17.4 Å². The van der Waals surface area contributed by atoms with E-state index in [-0.39, 0.29) is 11.1 Å². The van der Waals surface area contributed by atoms with E-state index in [4.69, 9.17) is 17.0 Å². The van der Waals surface area contributed by atoms with Crippen LogP contribution in [0.3, 0.4) is 0 Å². The highest BCUT2D eigenvalue weighted by atomic mass is 32.1. The standard InChI is InChI=1S/C20H19F2N3O2S/c1-11-17(19(26)23-15-6-4-5-7-16(15)27-3)18(24-20(28)25(11)2)13-9-8-12(21)10-14(13)22/h4-10,18H,1-3H3,(H,23,26)(H,24,28)/t18-/m0/s1. The Morgan fingerprint density at radius 2 is 1.96 bits per heavy atom. The normalized spacial score (nSPS) is 16.7. The topological polar surface area (TPSA) is 53.6 Å². The molecule has 0 aliphatic carbocycles. The highest BCUT2D eigenvalue weighted by Crippen LogP contribution is 2.33. The summed E-state index contributed by atoms with van der Waals surface area (Å²) in [7, 11) is 3.21. The van der Waals surface area contributed by atoms with Gasteiger partial charge in [-0.2, -0.15) is 0 Å². The summed E-state index contributed by atoms with van der Waals surface area (Å²) in [6.45, 7) is 1.72. The third-order valence-electron chi connectivity index (χ3n) is 4.63.